The van der Waals surface area contributed by atoms with Crippen molar-refractivity contribution in [1.29, 1.82) is 0 Å². The number of pyridine rings is 1. The Morgan fingerprint density at radius 2 is 2.17 bits per heavy atom. The maximum atomic E-state index is 11.2. The van der Waals surface area contributed by atoms with Crippen molar-refractivity contribution in [3.63, 3.8) is 0 Å². The maximum absolute atomic E-state index is 11.2. The van der Waals surface area contributed by atoms with Gasteiger partial charge in [-0.25, -0.2) is 0 Å². The van der Waals surface area contributed by atoms with Crippen molar-refractivity contribution in [2.75, 3.05) is 6.61 Å². The Kier molecular flexibility index (Phi) is 3.93. The van der Waals surface area contributed by atoms with Crippen molar-refractivity contribution < 1.29 is 9.53 Å². The standard InChI is InChI=1S/C15H13NO2/c1-2-18-15(17)9-5-6-12-10-11-16-14-8-4-3-7-13(12)14/h3-4,7-8,10-11H,2,9H2,1H3. The number of para-hydroxylation sites is 1. The van der Waals surface area contributed by atoms with Crippen LogP contribution in [0.25, 0.3) is 10.9 Å². The summed E-state index contributed by atoms with van der Waals surface area (Å²) >= 11 is 0. The molecule has 0 saturated heterocycles. The first-order valence-corrected chi connectivity index (χ1v) is 5.79. The van der Waals surface area contributed by atoms with Gasteiger partial charge in [-0.3, -0.25) is 9.78 Å². The zero-order valence-corrected chi connectivity index (χ0v) is 10.1. The van der Waals surface area contributed by atoms with Gasteiger partial charge < -0.3 is 4.74 Å². The van der Waals surface area contributed by atoms with Crippen LogP contribution in [0.15, 0.2) is 36.5 Å². The molecule has 0 atom stereocenters. The van der Waals surface area contributed by atoms with Gasteiger partial charge in [-0.15, -0.1) is 0 Å². The molecule has 1 heterocycles. The highest BCUT2D eigenvalue weighted by atomic mass is 16.5. The molecule has 0 radical (unpaired) electrons. The van der Waals surface area contributed by atoms with Gasteiger partial charge in [0, 0.05) is 17.1 Å². The predicted octanol–water partition coefficient (Wildman–Crippen LogP) is 2.54. The van der Waals surface area contributed by atoms with Crippen LogP contribution in [-0.4, -0.2) is 17.6 Å². The van der Waals surface area contributed by atoms with Crippen LogP contribution in [0.5, 0.6) is 0 Å². The van der Waals surface area contributed by atoms with Crippen LogP contribution < -0.4 is 0 Å². The fraction of sp³-hybridized carbons (Fsp3) is 0.200. The maximum Gasteiger partial charge on any atom is 0.317 e. The number of ether oxygens (including phenoxy) is 1. The number of carbonyl (C=O) groups excluding carboxylic acids is 1. The summed E-state index contributed by atoms with van der Waals surface area (Å²) in [7, 11) is 0. The van der Waals surface area contributed by atoms with Gasteiger partial charge in [0.25, 0.3) is 0 Å². The first-order valence-electron chi connectivity index (χ1n) is 5.79. The van der Waals surface area contributed by atoms with E-state index in [-0.39, 0.29) is 12.4 Å². The number of fused-ring (bicyclic) bond motifs is 1. The Labute approximate surface area is 106 Å². The van der Waals surface area contributed by atoms with Crippen LogP contribution in [0.3, 0.4) is 0 Å². The second-order valence-electron chi connectivity index (χ2n) is 3.66. The lowest BCUT2D eigenvalue weighted by atomic mass is 10.1. The van der Waals surface area contributed by atoms with Crippen molar-refractivity contribution in [3.8, 4) is 11.8 Å². The second-order valence-corrected chi connectivity index (χ2v) is 3.66. The number of hydrogen-bond donors (Lipinski definition) is 0. The largest absolute Gasteiger partial charge is 0.465 e. The molecule has 0 unspecified atom stereocenters. The van der Waals surface area contributed by atoms with E-state index in [0.29, 0.717) is 6.61 Å². The number of benzene rings is 1. The molecule has 0 aliphatic rings. The molecular weight excluding hydrogens is 226 g/mol. The summed E-state index contributed by atoms with van der Waals surface area (Å²) in [5.41, 5.74) is 1.78. The van der Waals surface area contributed by atoms with Crippen LogP contribution in [0, 0.1) is 11.8 Å². The van der Waals surface area contributed by atoms with E-state index in [4.69, 9.17) is 4.74 Å². The predicted molar refractivity (Wildman–Crippen MR) is 69.9 cm³/mol. The molecule has 0 amide bonds. The first kappa shape index (κ1) is 12.1. The summed E-state index contributed by atoms with van der Waals surface area (Å²) in [6.07, 6.45) is 1.83. The van der Waals surface area contributed by atoms with Gasteiger partial charge in [0.1, 0.15) is 6.42 Å². The van der Waals surface area contributed by atoms with E-state index in [0.717, 1.165) is 16.5 Å². The molecule has 1 aromatic heterocycles. The smallest absolute Gasteiger partial charge is 0.317 e. The molecule has 0 saturated carbocycles. The van der Waals surface area contributed by atoms with Crippen LogP contribution in [0.2, 0.25) is 0 Å². The van der Waals surface area contributed by atoms with Crippen LogP contribution in [-0.2, 0) is 9.53 Å². The average Bonchev–Trinajstić information content (AvgIpc) is 2.39. The minimum atomic E-state index is -0.289. The van der Waals surface area contributed by atoms with E-state index in [1.165, 1.54) is 0 Å². The molecule has 1 aromatic carbocycles. The minimum Gasteiger partial charge on any atom is -0.465 e. The number of rotatable bonds is 2. The average molecular weight is 239 g/mol. The normalized spacial score (nSPS) is 9.61. The lowest BCUT2D eigenvalue weighted by Crippen LogP contribution is -2.01. The molecule has 2 rings (SSSR count). The Balaban J connectivity index is 2.22. The van der Waals surface area contributed by atoms with Gasteiger partial charge in [-0.2, -0.15) is 0 Å². The lowest BCUT2D eigenvalue weighted by Gasteiger charge is -1.98. The highest BCUT2D eigenvalue weighted by molar-refractivity contribution is 5.84. The Morgan fingerprint density at radius 1 is 1.33 bits per heavy atom. The zero-order valence-electron chi connectivity index (χ0n) is 10.1. The molecule has 3 heteroatoms. The van der Waals surface area contributed by atoms with E-state index in [1.807, 2.05) is 30.3 Å². The highest BCUT2D eigenvalue weighted by Crippen LogP contribution is 2.14. The van der Waals surface area contributed by atoms with Gasteiger partial charge in [-0.05, 0) is 19.1 Å². The van der Waals surface area contributed by atoms with Crippen LogP contribution in [0.1, 0.15) is 18.9 Å². The van der Waals surface area contributed by atoms with Crippen molar-refractivity contribution in [1.82, 2.24) is 4.98 Å². The summed E-state index contributed by atoms with van der Waals surface area (Å²) in [6.45, 7) is 2.17. The van der Waals surface area contributed by atoms with Crippen molar-refractivity contribution in [3.05, 3.63) is 42.1 Å². The molecular formula is C15H13NO2. The molecule has 90 valence electrons. The van der Waals surface area contributed by atoms with E-state index >= 15 is 0 Å². The molecule has 0 spiro atoms. The third-order valence-electron chi connectivity index (χ3n) is 2.41. The van der Waals surface area contributed by atoms with E-state index in [1.54, 1.807) is 13.1 Å². The van der Waals surface area contributed by atoms with Gasteiger partial charge >= 0.3 is 5.97 Å². The van der Waals surface area contributed by atoms with Gasteiger partial charge in [0.2, 0.25) is 0 Å². The van der Waals surface area contributed by atoms with Gasteiger partial charge in [-0.1, -0.05) is 30.0 Å². The topological polar surface area (TPSA) is 39.2 Å². The van der Waals surface area contributed by atoms with Crippen molar-refractivity contribution in [2.24, 2.45) is 0 Å². The van der Waals surface area contributed by atoms with Crippen molar-refractivity contribution in [2.45, 2.75) is 13.3 Å². The Morgan fingerprint density at radius 3 is 3.00 bits per heavy atom. The molecule has 0 aliphatic heterocycles. The highest BCUT2D eigenvalue weighted by Gasteiger charge is 1.99. The molecule has 0 N–H and O–H groups in total. The Hall–Kier alpha value is -2.34. The third kappa shape index (κ3) is 2.86. The molecule has 2 aromatic rings. The summed E-state index contributed by atoms with van der Waals surface area (Å²) in [6, 6.07) is 9.63. The zero-order chi connectivity index (χ0) is 12.8. The Bertz CT molecular complexity index is 618. The van der Waals surface area contributed by atoms with Gasteiger partial charge in [0.15, 0.2) is 0 Å². The summed E-state index contributed by atoms with van der Waals surface area (Å²) in [5, 5.41) is 0.997. The number of carbonyl (C=O) groups is 1. The molecule has 18 heavy (non-hydrogen) atoms. The number of aromatic nitrogens is 1. The minimum absolute atomic E-state index is 0.116. The fourth-order valence-corrected chi connectivity index (χ4v) is 1.63. The fourth-order valence-electron chi connectivity index (χ4n) is 1.63. The quantitative estimate of drug-likeness (QED) is 0.597. The number of esters is 1. The number of hydrogen-bond acceptors (Lipinski definition) is 3. The molecule has 0 bridgehead atoms. The van der Waals surface area contributed by atoms with Gasteiger partial charge in [0.05, 0.1) is 12.1 Å². The molecule has 3 nitrogen and oxygen atoms in total. The summed E-state index contributed by atoms with van der Waals surface area (Å²) in [5.74, 6) is 5.52. The molecule has 0 aliphatic carbocycles. The monoisotopic (exact) mass is 239 g/mol. The van der Waals surface area contributed by atoms with Crippen LogP contribution in [0.4, 0.5) is 0 Å². The summed E-state index contributed by atoms with van der Waals surface area (Å²) < 4.78 is 4.81. The second kappa shape index (κ2) is 5.83. The molecule has 0 fully saturated rings. The number of nitrogens with zero attached hydrogens (tertiary/aromatic N) is 1. The first-order chi connectivity index (χ1) is 8.81. The third-order valence-corrected chi connectivity index (χ3v) is 2.41. The van der Waals surface area contributed by atoms with Crippen LogP contribution >= 0.6 is 0 Å². The van der Waals surface area contributed by atoms with E-state index in [2.05, 4.69) is 16.8 Å². The summed E-state index contributed by atoms with van der Waals surface area (Å²) in [4.78, 5) is 15.4. The van der Waals surface area contributed by atoms with Crippen molar-refractivity contribution >= 4 is 16.9 Å². The van der Waals surface area contributed by atoms with E-state index < -0.39 is 0 Å². The SMILES string of the molecule is CCOC(=O)CC#Cc1ccnc2ccccc12. The lowest BCUT2D eigenvalue weighted by molar-refractivity contribution is -0.141. The van der Waals surface area contributed by atoms with E-state index in [9.17, 15) is 4.79 Å².